The molecule has 0 atom stereocenters. The number of nitrogen functional groups attached to an aromatic ring is 1. The fourth-order valence-corrected chi connectivity index (χ4v) is 2.68. The molecule has 2 heterocycles. The van der Waals surface area contributed by atoms with Gasteiger partial charge in [-0.1, -0.05) is 6.07 Å². The van der Waals surface area contributed by atoms with E-state index < -0.39 is 0 Å². The second kappa shape index (κ2) is 3.82. The minimum absolute atomic E-state index is 0.526. The lowest BCUT2D eigenvalue weighted by Crippen LogP contribution is -1.88. The molecule has 17 heavy (non-hydrogen) atoms. The molecule has 0 fully saturated rings. The van der Waals surface area contributed by atoms with Crippen molar-refractivity contribution in [2.45, 2.75) is 6.92 Å². The standard InChI is InChI=1S/C13H11N3S/c1-8-2-3-11-10(6-8)16-13(17-11)9-4-5-15-12(14)7-9/h2-7H,1H3,(H2,14,15). The van der Waals surface area contributed by atoms with E-state index in [4.69, 9.17) is 5.73 Å². The second-order valence-corrected chi connectivity index (χ2v) is 4.99. The van der Waals surface area contributed by atoms with Crippen molar-refractivity contribution in [3.05, 3.63) is 42.1 Å². The maximum absolute atomic E-state index is 5.68. The molecule has 0 radical (unpaired) electrons. The number of pyridine rings is 1. The number of rotatable bonds is 1. The van der Waals surface area contributed by atoms with Gasteiger partial charge in [0, 0.05) is 11.8 Å². The molecular weight excluding hydrogens is 230 g/mol. The number of fused-ring (bicyclic) bond motifs is 1. The summed E-state index contributed by atoms with van der Waals surface area (Å²) >= 11 is 1.67. The molecular formula is C13H11N3S. The van der Waals surface area contributed by atoms with E-state index in [0.29, 0.717) is 5.82 Å². The molecule has 0 saturated heterocycles. The minimum atomic E-state index is 0.526. The van der Waals surface area contributed by atoms with Crippen LogP contribution in [-0.4, -0.2) is 9.97 Å². The Morgan fingerprint density at radius 1 is 1.18 bits per heavy atom. The lowest BCUT2D eigenvalue weighted by molar-refractivity contribution is 1.33. The first-order chi connectivity index (χ1) is 8.22. The Labute approximate surface area is 103 Å². The van der Waals surface area contributed by atoms with Crippen LogP contribution in [0.4, 0.5) is 5.82 Å². The van der Waals surface area contributed by atoms with Crippen molar-refractivity contribution >= 4 is 27.4 Å². The van der Waals surface area contributed by atoms with E-state index in [1.54, 1.807) is 17.5 Å². The number of anilines is 1. The summed E-state index contributed by atoms with van der Waals surface area (Å²) in [5.41, 5.74) is 8.97. The fraction of sp³-hybridized carbons (Fsp3) is 0.0769. The normalized spacial score (nSPS) is 10.9. The van der Waals surface area contributed by atoms with Gasteiger partial charge in [0.05, 0.1) is 10.2 Å². The third kappa shape index (κ3) is 1.87. The molecule has 1 aromatic carbocycles. The predicted molar refractivity (Wildman–Crippen MR) is 72.0 cm³/mol. The van der Waals surface area contributed by atoms with E-state index in [0.717, 1.165) is 16.1 Å². The van der Waals surface area contributed by atoms with Gasteiger partial charge < -0.3 is 5.73 Å². The first kappa shape index (κ1) is 10.2. The molecule has 0 unspecified atom stereocenters. The van der Waals surface area contributed by atoms with Crippen LogP contribution < -0.4 is 5.73 Å². The topological polar surface area (TPSA) is 51.8 Å². The van der Waals surface area contributed by atoms with Gasteiger partial charge in [-0.25, -0.2) is 9.97 Å². The zero-order valence-electron chi connectivity index (χ0n) is 9.34. The molecule has 84 valence electrons. The molecule has 0 aliphatic carbocycles. The van der Waals surface area contributed by atoms with Gasteiger partial charge in [-0.15, -0.1) is 11.3 Å². The van der Waals surface area contributed by atoms with Crippen molar-refractivity contribution in [2.75, 3.05) is 5.73 Å². The number of hydrogen-bond donors (Lipinski definition) is 1. The smallest absolute Gasteiger partial charge is 0.124 e. The predicted octanol–water partition coefficient (Wildman–Crippen LogP) is 3.25. The summed E-state index contributed by atoms with van der Waals surface area (Å²) in [7, 11) is 0. The lowest BCUT2D eigenvalue weighted by atomic mass is 10.2. The third-order valence-electron chi connectivity index (χ3n) is 2.57. The summed E-state index contributed by atoms with van der Waals surface area (Å²) in [5, 5.41) is 0.986. The van der Waals surface area contributed by atoms with Crippen LogP contribution in [0.2, 0.25) is 0 Å². The summed E-state index contributed by atoms with van der Waals surface area (Å²) in [6.45, 7) is 2.07. The van der Waals surface area contributed by atoms with E-state index in [9.17, 15) is 0 Å². The first-order valence-corrected chi connectivity index (χ1v) is 6.13. The minimum Gasteiger partial charge on any atom is -0.384 e. The van der Waals surface area contributed by atoms with Crippen LogP contribution in [0.15, 0.2) is 36.5 Å². The largest absolute Gasteiger partial charge is 0.384 e. The number of nitrogens with two attached hydrogens (primary N) is 1. The molecule has 0 bridgehead atoms. The third-order valence-corrected chi connectivity index (χ3v) is 3.66. The van der Waals surface area contributed by atoms with Crippen LogP contribution >= 0.6 is 11.3 Å². The summed E-state index contributed by atoms with van der Waals surface area (Å²) in [4.78, 5) is 8.61. The van der Waals surface area contributed by atoms with E-state index >= 15 is 0 Å². The zero-order valence-corrected chi connectivity index (χ0v) is 10.2. The molecule has 0 aliphatic heterocycles. The van der Waals surface area contributed by atoms with E-state index in [1.165, 1.54) is 10.3 Å². The van der Waals surface area contributed by atoms with Crippen LogP contribution in [0, 0.1) is 6.92 Å². The number of nitrogens with zero attached hydrogens (tertiary/aromatic N) is 2. The lowest BCUT2D eigenvalue weighted by Gasteiger charge is -1.95. The fourth-order valence-electron chi connectivity index (χ4n) is 1.74. The maximum Gasteiger partial charge on any atom is 0.124 e. The highest BCUT2D eigenvalue weighted by Gasteiger charge is 2.06. The van der Waals surface area contributed by atoms with Crippen molar-refractivity contribution in [2.24, 2.45) is 0 Å². The molecule has 0 aliphatic rings. The van der Waals surface area contributed by atoms with Crippen molar-refractivity contribution in [3.63, 3.8) is 0 Å². The van der Waals surface area contributed by atoms with E-state index in [-0.39, 0.29) is 0 Å². The molecule has 0 spiro atoms. The molecule has 3 aromatic rings. The van der Waals surface area contributed by atoms with Crippen molar-refractivity contribution in [1.82, 2.24) is 9.97 Å². The second-order valence-electron chi connectivity index (χ2n) is 3.96. The highest BCUT2D eigenvalue weighted by Crippen LogP contribution is 2.30. The number of benzene rings is 1. The average Bonchev–Trinajstić information content (AvgIpc) is 2.72. The number of aromatic nitrogens is 2. The summed E-state index contributed by atoms with van der Waals surface area (Å²) in [6.07, 6.45) is 1.71. The molecule has 0 saturated carbocycles. The average molecular weight is 241 g/mol. The maximum atomic E-state index is 5.68. The molecule has 2 aromatic heterocycles. The van der Waals surface area contributed by atoms with Crippen LogP contribution in [0.25, 0.3) is 20.8 Å². The molecule has 2 N–H and O–H groups in total. The SMILES string of the molecule is Cc1ccc2sc(-c3ccnc(N)c3)nc2c1. The van der Waals surface area contributed by atoms with Gasteiger partial charge >= 0.3 is 0 Å². The van der Waals surface area contributed by atoms with Gasteiger partial charge in [0.15, 0.2) is 0 Å². The van der Waals surface area contributed by atoms with Crippen LogP contribution in [0.5, 0.6) is 0 Å². The summed E-state index contributed by atoms with van der Waals surface area (Å²) in [6, 6.07) is 10.1. The van der Waals surface area contributed by atoms with Crippen LogP contribution in [0.1, 0.15) is 5.56 Å². The number of hydrogen-bond acceptors (Lipinski definition) is 4. The molecule has 0 amide bonds. The van der Waals surface area contributed by atoms with Gasteiger partial charge in [0.25, 0.3) is 0 Å². The van der Waals surface area contributed by atoms with Crippen molar-refractivity contribution < 1.29 is 0 Å². The molecule has 3 nitrogen and oxygen atoms in total. The van der Waals surface area contributed by atoms with Crippen molar-refractivity contribution in [3.8, 4) is 10.6 Å². The Morgan fingerprint density at radius 3 is 2.88 bits per heavy atom. The first-order valence-electron chi connectivity index (χ1n) is 5.31. The Hall–Kier alpha value is -1.94. The number of aryl methyl sites for hydroxylation is 1. The number of thiazole rings is 1. The van der Waals surface area contributed by atoms with Gasteiger partial charge in [-0.05, 0) is 36.8 Å². The van der Waals surface area contributed by atoms with Gasteiger partial charge in [-0.2, -0.15) is 0 Å². The Morgan fingerprint density at radius 2 is 2.06 bits per heavy atom. The zero-order chi connectivity index (χ0) is 11.8. The highest BCUT2D eigenvalue weighted by atomic mass is 32.1. The van der Waals surface area contributed by atoms with Gasteiger partial charge in [0.1, 0.15) is 10.8 Å². The summed E-state index contributed by atoms with van der Waals surface area (Å²) in [5.74, 6) is 0.526. The van der Waals surface area contributed by atoms with Crippen LogP contribution in [0.3, 0.4) is 0 Å². The Balaban J connectivity index is 2.18. The summed E-state index contributed by atoms with van der Waals surface area (Å²) < 4.78 is 1.20. The quantitative estimate of drug-likeness (QED) is 0.711. The van der Waals surface area contributed by atoms with E-state index in [2.05, 4.69) is 35.1 Å². The highest BCUT2D eigenvalue weighted by molar-refractivity contribution is 7.21. The van der Waals surface area contributed by atoms with Crippen molar-refractivity contribution in [1.29, 1.82) is 0 Å². The molecule has 3 rings (SSSR count). The monoisotopic (exact) mass is 241 g/mol. The van der Waals surface area contributed by atoms with Gasteiger partial charge in [0.2, 0.25) is 0 Å². The van der Waals surface area contributed by atoms with Gasteiger partial charge in [-0.3, -0.25) is 0 Å². The van der Waals surface area contributed by atoms with Crippen LogP contribution in [-0.2, 0) is 0 Å². The van der Waals surface area contributed by atoms with E-state index in [1.807, 2.05) is 12.1 Å². The molecule has 4 heteroatoms. The Bertz CT molecular complexity index is 688. The Kier molecular flexibility index (Phi) is 2.30.